The monoisotopic (exact) mass is 346 g/mol. The second kappa shape index (κ2) is 7.18. The number of carbonyl (C=O) groups is 1. The Hall–Kier alpha value is -0.940. The van der Waals surface area contributed by atoms with Gasteiger partial charge in [-0.2, -0.15) is 0 Å². The second-order valence-corrected chi connectivity index (χ2v) is 6.03. The van der Waals surface area contributed by atoms with Crippen molar-refractivity contribution in [3.63, 3.8) is 0 Å². The minimum absolute atomic E-state index is 0.148. The predicted octanol–water partition coefficient (Wildman–Crippen LogP) is 4.77. The first-order valence-electron chi connectivity index (χ1n) is 5.54. The number of benzene rings is 1. The van der Waals surface area contributed by atoms with Crippen LogP contribution in [-0.2, 0) is 4.79 Å². The van der Waals surface area contributed by atoms with Gasteiger partial charge in [-0.3, -0.25) is 4.79 Å². The lowest BCUT2D eigenvalue weighted by Gasteiger charge is -2.06. The lowest BCUT2D eigenvalue weighted by atomic mass is 10.3. The summed E-state index contributed by atoms with van der Waals surface area (Å²) in [5.41, 5.74) is 0.606. The van der Waals surface area contributed by atoms with E-state index in [0.717, 1.165) is 5.03 Å². The number of nitrogens with zero attached hydrogens (tertiary/aromatic N) is 1. The molecule has 0 fully saturated rings. The van der Waals surface area contributed by atoms with Crippen molar-refractivity contribution in [2.45, 2.75) is 5.03 Å². The van der Waals surface area contributed by atoms with E-state index in [1.165, 1.54) is 11.8 Å². The molecule has 1 aromatic carbocycles. The van der Waals surface area contributed by atoms with Crippen molar-refractivity contribution in [1.29, 1.82) is 0 Å². The van der Waals surface area contributed by atoms with Crippen LogP contribution in [0.4, 0.5) is 5.69 Å². The van der Waals surface area contributed by atoms with Crippen LogP contribution in [0.5, 0.6) is 0 Å². The van der Waals surface area contributed by atoms with E-state index in [1.54, 1.807) is 36.5 Å². The maximum Gasteiger partial charge on any atom is 0.234 e. The Morgan fingerprint density at radius 1 is 1.15 bits per heavy atom. The number of anilines is 1. The maximum absolute atomic E-state index is 11.8. The number of thioether (sulfide) groups is 1. The fourth-order valence-corrected chi connectivity index (χ4v) is 2.41. The zero-order valence-electron chi connectivity index (χ0n) is 10.1. The number of pyridine rings is 1. The topological polar surface area (TPSA) is 42.0 Å². The van der Waals surface area contributed by atoms with Gasteiger partial charge >= 0.3 is 0 Å². The van der Waals surface area contributed by atoms with Crippen LogP contribution in [0.3, 0.4) is 0 Å². The molecule has 3 nitrogen and oxygen atoms in total. The molecule has 1 heterocycles. The molecular weight excluding hydrogens is 339 g/mol. The van der Waals surface area contributed by atoms with Gasteiger partial charge in [-0.1, -0.05) is 46.6 Å². The summed E-state index contributed by atoms with van der Waals surface area (Å²) < 4.78 is 0. The largest absolute Gasteiger partial charge is 0.325 e. The molecule has 0 spiro atoms. The van der Waals surface area contributed by atoms with Crippen LogP contribution in [0.2, 0.25) is 15.1 Å². The Labute approximate surface area is 135 Å². The van der Waals surface area contributed by atoms with Gasteiger partial charge in [0.05, 0.1) is 25.8 Å². The molecule has 0 atom stereocenters. The number of carbonyl (C=O) groups excluding carboxylic acids is 1. The molecule has 0 unspecified atom stereocenters. The van der Waals surface area contributed by atoms with Crippen molar-refractivity contribution in [1.82, 2.24) is 4.98 Å². The number of nitrogens with one attached hydrogen (secondary N) is 1. The van der Waals surface area contributed by atoms with Gasteiger partial charge in [0, 0.05) is 11.9 Å². The molecule has 2 rings (SSSR count). The van der Waals surface area contributed by atoms with Crippen LogP contribution >= 0.6 is 46.6 Å². The molecule has 0 aliphatic carbocycles. The molecule has 20 heavy (non-hydrogen) atoms. The Bertz CT molecular complexity index is 620. The molecule has 0 saturated heterocycles. The van der Waals surface area contributed by atoms with E-state index in [-0.39, 0.29) is 11.7 Å². The highest BCUT2D eigenvalue weighted by molar-refractivity contribution is 7.99. The van der Waals surface area contributed by atoms with Crippen LogP contribution in [0.25, 0.3) is 0 Å². The third-order valence-corrected chi connectivity index (χ3v) is 4.16. The van der Waals surface area contributed by atoms with Crippen LogP contribution in [0.15, 0.2) is 41.6 Å². The third-order valence-electron chi connectivity index (χ3n) is 2.25. The Balaban J connectivity index is 1.89. The summed E-state index contributed by atoms with van der Waals surface area (Å²) in [5.74, 6) is 0.0969. The lowest BCUT2D eigenvalue weighted by molar-refractivity contribution is -0.113. The van der Waals surface area contributed by atoms with Crippen molar-refractivity contribution >= 4 is 58.2 Å². The molecule has 0 aliphatic heterocycles. The van der Waals surface area contributed by atoms with Crippen LogP contribution in [0.1, 0.15) is 0 Å². The molecule has 1 aromatic heterocycles. The van der Waals surface area contributed by atoms with Crippen molar-refractivity contribution < 1.29 is 4.79 Å². The number of halogens is 3. The van der Waals surface area contributed by atoms with Gasteiger partial charge in [-0.15, -0.1) is 0 Å². The standard InChI is InChI=1S/C13H9Cl3N2OS/c14-8-1-4-13(17-6-8)20-7-12(19)18-9-2-3-10(15)11(16)5-9/h1-6H,7H2,(H,18,19). The SMILES string of the molecule is O=C(CSc1ccc(Cl)cn1)Nc1ccc(Cl)c(Cl)c1. The first-order valence-corrected chi connectivity index (χ1v) is 7.66. The van der Waals surface area contributed by atoms with E-state index in [4.69, 9.17) is 34.8 Å². The van der Waals surface area contributed by atoms with Gasteiger partial charge in [0.1, 0.15) is 0 Å². The van der Waals surface area contributed by atoms with E-state index in [9.17, 15) is 4.79 Å². The lowest BCUT2D eigenvalue weighted by Crippen LogP contribution is -2.14. The zero-order valence-corrected chi connectivity index (χ0v) is 13.2. The molecule has 2 aromatic rings. The van der Waals surface area contributed by atoms with E-state index < -0.39 is 0 Å². The summed E-state index contributed by atoms with van der Waals surface area (Å²) in [6.45, 7) is 0. The summed E-state index contributed by atoms with van der Waals surface area (Å²) in [6.07, 6.45) is 1.54. The number of amides is 1. The quantitative estimate of drug-likeness (QED) is 0.810. The van der Waals surface area contributed by atoms with E-state index in [2.05, 4.69) is 10.3 Å². The Morgan fingerprint density at radius 3 is 2.60 bits per heavy atom. The second-order valence-electron chi connectivity index (χ2n) is 3.78. The number of rotatable bonds is 4. The molecular formula is C13H9Cl3N2OS. The minimum Gasteiger partial charge on any atom is -0.325 e. The van der Waals surface area contributed by atoms with Gasteiger partial charge < -0.3 is 5.32 Å². The first-order chi connectivity index (χ1) is 9.54. The predicted molar refractivity (Wildman–Crippen MR) is 85.1 cm³/mol. The van der Waals surface area contributed by atoms with Crippen LogP contribution < -0.4 is 5.32 Å². The average Bonchev–Trinajstić information content (AvgIpc) is 2.42. The third kappa shape index (κ3) is 4.56. The van der Waals surface area contributed by atoms with Crippen molar-refractivity contribution in [3.8, 4) is 0 Å². The molecule has 1 N–H and O–H groups in total. The normalized spacial score (nSPS) is 10.3. The highest BCUT2D eigenvalue weighted by atomic mass is 35.5. The molecule has 104 valence electrons. The molecule has 0 aliphatic rings. The van der Waals surface area contributed by atoms with Crippen molar-refractivity contribution in [2.24, 2.45) is 0 Å². The highest BCUT2D eigenvalue weighted by Gasteiger charge is 2.06. The van der Waals surface area contributed by atoms with E-state index in [1.807, 2.05) is 0 Å². The molecule has 0 saturated carbocycles. The fourth-order valence-electron chi connectivity index (χ4n) is 1.36. The van der Waals surface area contributed by atoms with E-state index in [0.29, 0.717) is 20.8 Å². The van der Waals surface area contributed by atoms with Gasteiger partial charge in [0.25, 0.3) is 0 Å². The van der Waals surface area contributed by atoms with E-state index >= 15 is 0 Å². The Morgan fingerprint density at radius 2 is 1.95 bits per heavy atom. The smallest absolute Gasteiger partial charge is 0.234 e. The van der Waals surface area contributed by atoms with Gasteiger partial charge in [-0.25, -0.2) is 4.98 Å². The molecule has 0 bridgehead atoms. The average molecular weight is 348 g/mol. The molecule has 7 heteroatoms. The van der Waals surface area contributed by atoms with Crippen molar-refractivity contribution in [3.05, 3.63) is 51.6 Å². The number of hydrogen-bond donors (Lipinski definition) is 1. The first kappa shape index (κ1) is 15.4. The van der Waals surface area contributed by atoms with Crippen molar-refractivity contribution in [2.75, 3.05) is 11.1 Å². The van der Waals surface area contributed by atoms with Crippen LogP contribution in [0, 0.1) is 0 Å². The summed E-state index contributed by atoms with van der Waals surface area (Å²) in [7, 11) is 0. The maximum atomic E-state index is 11.8. The summed E-state index contributed by atoms with van der Waals surface area (Å²) >= 11 is 18.7. The number of aromatic nitrogens is 1. The summed E-state index contributed by atoms with van der Waals surface area (Å²) in [6, 6.07) is 8.42. The fraction of sp³-hybridized carbons (Fsp3) is 0.0769. The minimum atomic E-state index is -0.148. The van der Waals surface area contributed by atoms with Crippen LogP contribution in [-0.4, -0.2) is 16.6 Å². The zero-order chi connectivity index (χ0) is 14.5. The molecule has 0 radical (unpaired) electrons. The number of hydrogen-bond acceptors (Lipinski definition) is 3. The van der Waals surface area contributed by atoms with Gasteiger partial charge in [0.15, 0.2) is 0 Å². The molecule has 1 amide bonds. The Kier molecular flexibility index (Phi) is 5.54. The van der Waals surface area contributed by atoms with Gasteiger partial charge in [0.2, 0.25) is 5.91 Å². The van der Waals surface area contributed by atoms with Gasteiger partial charge in [-0.05, 0) is 30.3 Å². The summed E-state index contributed by atoms with van der Waals surface area (Å²) in [4.78, 5) is 15.9. The summed E-state index contributed by atoms with van der Waals surface area (Å²) in [5, 5.41) is 4.88. The highest BCUT2D eigenvalue weighted by Crippen LogP contribution is 2.25.